The van der Waals surface area contributed by atoms with E-state index >= 15 is 0 Å². The first-order valence-corrected chi connectivity index (χ1v) is 5.60. The summed E-state index contributed by atoms with van der Waals surface area (Å²) in [5.74, 6) is -0.267. The number of rotatable bonds is 8. The lowest BCUT2D eigenvalue weighted by Gasteiger charge is -2.16. The summed E-state index contributed by atoms with van der Waals surface area (Å²) < 4.78 is 10.4. The number of carbonyl (C=O) groups is 1. The van der Waals surface area contributed by atoms with Gasteiger partial charge in [0.05, 0.1) is 12.5 Å². The molecule has 0 rings (SSSR count). The van der Waals surface area contributed by atoms with Crippen molar-refractivity contribution in [1.29, 1.82) is 0 Å². The van der Waals surface area contributed by atoms with Gasteiger partial charge in [0.15, 0.2) is 0 Å². The fraction of sp³-hybridized carbons (Fsp3) is 0.909. The van der Waals surface area contributed by atoms with Crippen LogP contribution in [-0.4, -0.2) is 38.4 Å². The third kappa shape index (κ3) is 7.33. The molecule has 15 heavy (non-hydrogen) atoms. The van der Waals surface area contributed by atoms with E-state index in [-0.39, 0.29) is 18.0 Å². The van der Waals surface area contributed by atoms with Gasteiger partial charge in [-0.25, -0.2) is 0 Å². The van der Waals surface area contributed by atoms with Crippen molar-refractivity contribution in [3.63, 3.8) is 0 Å². The number of nitrogens with one attached hydrogen (secondary N) is 1. The van der Waals surface area contributed by atoms with Gasteiger partial charge in [-0.15, -0.1) is 0 Å². The second-order valence-electron chi connectivity index (χ2n) is 3.62. The van der Waals surface area contributed by atoms with Gasteiger partial charge in [-0.05, 0) is 20.4 Å². The Bertz CT molecular complexity index is 173. The molecule has 2 atom stereocenters. The van der Waals surface area contributed by atoms with Crippen LogP contribution in [0.15, 0.2) is 0 Å². The van der Waals surface area contributed by atoms with Crippen LogP contribution in [0.2, 0.25) is 0 Å². The molecule has 0 aromatic rings. The molecule has 0 fully saturated rings. The molecule has 0 aliphatic carbocycles. The van der Waals surface area contributed by atoms with Gasteiger partial charge in [0.1, 0.15) is 6.10 Å². The molecule has 0 aromatic heterocycles. The molecule has 0 spiro atoms. The first-order valence-electron chi connectivity index (χ1n) is 5.60. The molecule has 0 heterocycles. The summed E-state index contributed by atoms with van der Waals surface area (Å²) in [6.07, 6.45) is -0.165. The molecular weight excluding hydrogens is 194 g/mol. The van der Waals surface area contributed by atoms with Crippen molar-refractivity contribution in [2.24, 2.45) is 5.92 Å². The maximum Gasteiger partial charge on any atom is 0.310 e. The molecule has 0 saturated heterocycles. The Balaban J connectivity index is 3.70. The fourth-order valence-corrected chi connectivity index (χ4v) is 1.08. The van der Waals surface area contributed by atoms with Gasteiger partial charge in [0, 0.05) is 13.2 Å². The number of esters is 1. The van der Waals surface area contributed by atoms with Crippen LogP contribution < -0.4 is 5.32 Å². The lowest BCUT2D eigenvalue weighted by Crippen LogP contribution is -2.31. The van der Waals surface area contributed by atoms with Crippen molar-refractivity contribution in [3.05, 3.63) is 0 Å². The standard InChI is InChI=1S/C11H23NO3/c1-5-12-7-9(3)11(13)15-10(4)8-14-6-2/h9-10,12H,5-8H2,1-4H3. The van der Waals surface area contributed by atoms with Crippen LogP contribution in [0.4, 0.5) is 0 Å². The Hall–Kier alpha value is -0.610. The molecule has 0 aliphatic rings. The van der Waals surface area contributed by atoms with E-state index in [4.69, 9.17) is 9.47 Å². The topological polar surface area (TPSA) is 47.6 Å². The maximum absolute atomic E-state index is 11.5. The Morgan fingerprint density at radius 1 is 1.33 bits per heavy atom. The van der Waals surface area contributed by atoms with E-state index in [2.05, 4.69) is 5.32 Å². The van der Waals surface area contributed by atoms with E-state index in [1.807, 2.05) is 27.7 Å². The minimum Gasteiger partial charge on any atom is -0.460 e. The van der Waals surface area contributed by atoms with E-state index in [9.17, 15) is 4.79 Å². The lowest BCUT2D eigenvalue weighted by atomic mass is 10.2. The summed E-state index contributed by atoms with van der Waals surface area (Å²) in [6.45, 7) is 10.3. The predicted octanol–water partition coefficient (Wildman–Crippen LogP) is 1.20. The Morgan fingerprint density at radius 2 is 2.00 bits per heavy atom. The summed E-state index contributed by atoms with van der Waals surface area (Å²) in [7, 11) is 0. The summed E-state index contributed by atoms with van der Waals surface area (Å²) in [4.78, 5) is 11.5. The number of hydrogen-bond donors (Lipinski definition) is 1. The van der Waals surface area contributed by atoms with Crippen LogP contribution in [0.3, 0.4) is 0 Å². The van der Waals surface area contributed by atoms with Gasteiger partial charge < -0.3 is 14.8 Å². The zero-order chi connectivity index (χ0) is 11.7. The highest BCUT2D eigenvalue weighted by atomic mass is 16.6. The van der Waals surface area contributed by atoms with E-state index in [1.165, 1.54) is 0 Å². The molecule has 0 radical (unpaired) electrons. The highest BCUT2D eigenvalue weighted by molar-refractivity contribution is 5.72. The third-order valence-electron chi connectivity index (χ3n) is 1.98. The van der Waals surface area contributed by atoms with Gasteiger partial charge >= 0.3 is 5.97 Å². The van der Waals surface area contributed by atoms with Crippen molar-refractivity contribution in [1.82, 2.24) is 5.32 Å². The first-order chi connectivity index (χ1) is 7.11. The van der Waals surface area contributed by atoms with Crippen molar-refractivity contribution >= 4 is 5.97 Å². The van der Waals surface area contributed by atoms with Gasteiger partial charge in [-0.1, -0.05) is 13.8 Å². The summed E-state index contributed by atoms with van der Waals surface area (Å²) in [5, 5.41) is 3.11. The minimum absolute atomic E-state index is 0.103. The Labute approximate surface area is 92.3 Å². The lowest BCUT2D eigenvalue weighted by molar-refractivity contribution is -0.155. The molecule has 0 saturated carbocycles. The minimum atomic E-state index is -0.165. The summed E-state index contributed by atoms with van der Waals surface area (Å²) in [6, 6.07) is 0. The van der Waals surface area contributed by atoms with Crippen LogP contribution in [0, 0.1) is 5.92 Å². The smallest absolute Gasteiger partial charge is 0.310 e. The van der Waals surface area contributed by atoms with Gasteiger partial charge in [0.2, 0.25) is 0 Å². The van der Waals surface area contributed by atoms with Gasteiger partial charge in [-0.2, -0.15) is 0 Å². The van der Waals surface area contributed by atoms with Crippen LogP contribution in [0.1, 0.15) is 27.7 Å². The Morgan fingerprint density at radius 3 is 2.53 bits per heavy atom. The summed E-state index contributed by atoms with van der Waals surface area (Å²) in [5.41, 5.74) is 0. The van der Waals surface area contributed by atoms with Gasteiger partial charge in [0.25, 0.3) is 0 Å². The van der Waals surface area contributed by atoms with E-state index in [1.54, 1.807) is 0 Å². The zero-order valence-electron chi connectivity index (χ0n) is 10.2. The highest BCUT2D eigenvalue weighted by Crippen LogP contribution is 2.01. The van der Waals surface area contributed by atoms with Gasteiger partial charge in [-0.3, -0.25) is 4.79 Å². The van der Waals surface area contributed by atoms with Crippen LogP contribution >= 0.6 is 0 Å². The molecule has 0 bridgehead atoms. The predicted molar refractivity (Wildman–Crippen MR) is 59.8 cm³/mol. The highest BCUT2D eigenvalue weighted by Gasteiger charge is 2.16. The Kier molecular flexibility index (Phi) is 8.33. The molecule has 2 unspecified atom stereocenters. The molecule has 4 heteroatoms. The summed E-state index contributed by atoms with van der Waals surface area (Å²) >= 11 is 0. The largest absolute Gasteiger partial charge is 0.460 e. The molecule has 0 aliphatic heterocycles. The molecule has 1 N–H and O–H groups in total. The SMILES string of the molecule is CCNCC(C)C(=O)OC(C)COCC. The average Bonchev–Trinajstić information content (AvgIpc) is 2.22. The van der Waals surface area contributed by atoms with Crippen LogP contribution in [0.25, 0.3) is 0 Å². The van der Waals surface area contributed by atoms with Crippen molar-refractivity contribution in [2.75, 3.05) is 26.3 Å². The van der Waals surface area contributed by atoms with Crippen molar-refractivity contribution in [2.45, 2.75) is 33.8 Å². The van der Waals surface area contributed by atoms with Crippen LogP contribution in [-0.2, 0) is 14.3 Å². The average molecular weight is 217 g/mol. The van der Waals surface area contributed by atoms with E-state index in [0.29, 0.717) is 19.8 Å². The molecule has 90 valence electrons. The normalized spacial score (nSPS) is 14.7. The van der Waals surface area contributed by atoms with Crippen molar-refractivity contribution in [3.8, 4) is 0 Å². The first kappa shape index (κ1) is 14.4. The zero-order valence-corrected chi connectivity index (χ0v) is 10.2. The molecule has 4 nitrogen and oxygen atoms in total. The third-order valence-corrected chi connectivity index (χ3v) is 1.98. The number of hydrogen-bond acceptors (Lipinski definition) is 4. The maximum atomic E-state index is 11.5. The second-order valence-corrected chi connectivity index (χ2v) is 3.62. The van der Waals surface area contributed by atoms with Crippen LogP contribution in [0.5, 0.6) is 0 Å². The quantitative estimate of drug-likeness (QED) is 0.621. The monoisotopic (exact) mass is 217 g/mol. The van der Waals surface area contributed by atoms with E-state index in [0.717, 1.165) is 6.54 Å². The van der Waals surface area contributed by atoms with Crippen molar-refractivity contribution < 1.29 is 14.3 Å². The van der Waals surface area contributed by atoms with E-state index < -0.39 is 0 Å². The number of carbonyl (C=O) groups excluding carboxylic acids is 1. The second kappa shape index (κ2) is 8.68. The fourth-order valence-electron chi connectivity index (χ4n) is 1.08. The molecule has 0 aromatic carbocycles. The molecule has 0 amide bonds. The molecular formula is C11H23NO3. The number of ether oxygens (including phenoxy) is 2.